The Bertz CT molecular complexity index is 1420. The summed E-state index contributed by atoms with van der Waals surface area (Å²) in [5.41, 5.74) is 4.07. The van der Waals surface area contributed by atoms with Gasteiger partial charge in [-0.3, -0.25) is 4.68 Å². The highest BCUT2D eigenvalue weighted by molar-refractivity contribution is 5.83. The fourth-order valence-electron chi connectivity index (χ4n) is 4.25. The normalized spacial score (nSPS) is 13.9. The van der Waals surface area contributed by atoms with Crippen molar-refractivity contribution in [1.82, 2.24) is 39.6 Å². The van der Waals surface area contributed by atoms with Crippen molar-refractivity contribution in [2.75, 3.05) is 37.6 Å². The number of anilines is 1. The molecule has 0 bridgehead atoms. The molecular weight excluding hydrogens is 456 g/mol. The van der Waals surface area contributed by atoms with E-state index in [1.54, 1.807) is 34.0 Å². The quantitative estimate of drug-likeness (QED) is 0.462. The molecule has 0 atom stereocenters. The van der Waals surface area contributed by atoms with Gasteiger partial charge in [0.15, 0.2) is 0 Å². The lowest BCUT2D eigenvalue weighted by Crippen LogP contribution is -2.52. The number of piperazine rings is 1. The Balaban J connectivity index is 1.38. The van der Waals surface area contributed by atoms with E-state index in [0.717, 1.165) is 16.9 Å². The van der Waals surface area contributed by atoms with Gasteiger partial charge in [0.2, 0.25) is 0 Å². The molecule has 4 aromatic rings. The van der Waals surface area contributed by atoms with Gasteiger partial charge < -0.3 is 15.1 Å². The molecule has 36 heavy (non-hydrogen) atoms. The molecule has 1 fully saturated rings. The van der Waals surface area contributed by atoms with E-state index in [-0.39, 0.29) is 6.03 Å². The van der Waals surface area contributed by atoms with Crippen molar-refractivity contribution in [3.63, 3.8) is 0 Å². The number of aromatic nitrogens is 6. The second-order valence-corrected chi connectivity index (χ2v) is 9.30. The summed E-state index contributed by atoms with van der Waals surface area (Å²) in [7, 11) is 1.85. The smallest absolute Gasteiger partial charge is 0.317 e. The molecule has 1 aliphatic heterocycles. The van der Waals surface area contributed by atoms with Gasteiger partial charge in [0, 0.05) is 63.3 Å². The summed E-state index contributed by atoms with van der Waals surface area (Å²) >= 11 is 0. The number of rotatable bonds is 5. The van der Waals surface area contributed by atoms with E-state index in [4.69, 9.17) is 9.97 Å². The SMILES string of the molecule is CC(C)CNC(=O)N1CCN(c2ccc(-c3nc(-c4cnn(C)c4)cn4ncc(C#N)c34)cn2)CC1. The summed E-state index contributed by atoms with van der Waals surface area (Å²) in [6.45, 7) is 7.54. The molecule has 0 unspecified atom stereocenters. The van der Waals surface area contributed by atoms with Crippen LogP contribution in [0.2, 0.25) is 0 Å². The standard InChI is InChI=1S/C25H28N10O/c1-17(2)11-28-25(36)34-8-6-33(7-9-34)22-5-4-18(12-27-22)23-24-19(10-26)13-30-35(24)16-21(31-23)20-14-29-32(3)15-20/h4-5,12-17H,6-9,11H2,1-3H3,(H,28,36). The van der Waals surface area contributed by atoms with E-state index in [0.29, 0.717) is 61.1 Å². The lowest BCUT2D eigenvalue weighted by Gasteiger charge is -2.35. The molecule has 1 saturated heterocycles. The Kier molecular flexibility index (Phi) is 6.25. The number of nitriles is 1. The topological polar surface area (TPSA) is 120 Å². The molecule has 0 saturated carbocycles. The first-order valence-electron chi connectivity index (χ1n) is 11.9. The number of carbonyl (C=O) groups excluding carboxylic acids is 1. The van der Waals surface area contributed by atoms with Crippen LogP contribution in [0.4, 0.5) is 10.6 Å². The first kappa shape index (κ1) is 23.3. The maximum atomic E-state index is 12.4. The van der Waals surface area contributed by atoms with Gasteiger partial charge in [0.25, 0.3) is 0 Å². The van der Waals surface area contributed by atoms with Crippen molar-refractivity contribution >= 4 is 17.4 Å². The molecule has 11 heteroatoms. The Morgan fingerprint density at radius 1 is 1.08 bits per heavy atom. The predicted octanol–water partition coefficient (Wildman–Crippen LogP) is 2.55. The fourth-order valence-corrected chi connectivity index (χ4v) is 4.25. The van der Waals surface area contributed by atoms with E-state index in [1.165, 1.54) is 0 Å². The molecule has 5 heterocycles. The molecule has 0 spiro atoms. The van der Waals surface area contributed by atoms with E-state index in [2.05, 4.69) is 40.3 Å². The van der Waals surface area contributed by atoms with Crippen LogP contribution in [0.25, 0.3) is 28.0 Å². The zero-order valence-corrected chi connectivity index (χ0v) is 20.6. The van der Waals surface area contributed by atoms with Crippen LogP contribution in [0.1, 0.15) is 19.4 Å². The first-order chi connectivity index (χ1) is 17.4. The van der Waals surface area contributed by atoms with E-state index in [1.807, 2.05) is 30.3 Å². The number of amides is 2. The fraction of sp³-hybridized carbons (Fsp3) is 0.360. The minimum Gasteiger partial charge on any atom is -0.353 e. The largest absolute Gasteiger partial charge is 0.353 e. The first-order valence-corrected chi connectivity index (χ1v) is 11.9. The van der Waals surface area contributed by atoms with Crippen molar-refractivity contribution in [3.05, 3.63) is 48.7 Å². The molecule has 0 aliphatic carbocycles. The van der Waals surface area contributed by atoms with Crippen molar-refractivity contribution in [2.24, 2.45) is 13.0 Å². The van der Waals surface area contributed by atoms with E-state index in [9.17, 15) is 10.1 Å². The highest BCUT2D eigenvalue weighted by Crippen LogP contribution is 2.29. The Hall–Kier alpha value is -4.46. The van der Waals surface area contributed by atoms with Crippen LogP contribution >= 0.6 is 0 Å². The van der Waals surface area contributed by atoms with E-state index >= 15 is 0 Å². The lowest BCUT2D eigenvalue weighted by molar-refractivity contribution is 0.193. The van der Waals surface area contributed by atoms with Crippen LogP contribution in [0.3, 0.4) is 0 Å². The second kappa shape index (κ2) is 9.65. The number of hydrogen-bond donors (Lipinski definition) is 1. The maximum Gasteiger partial charge on any atom is 0.317 e. The molecule has 2 amide bonds. The number of carbonyl (C=O) groups is 1. The Labute approximate surface area is 209 Å². The number of nitrogens with one attached hydrogen (secondary N) is 1. The van der Waals surface area contributed by atoms with Gasteiger partial charge in [-0.05, 0) is 18.1 Å². The average Bonchev–Trinajstić information content (AvgIpc) is 3.53. The number of pyridine rings is 1. The summed E-state index contributed by atoms with van der Waals surface area (Å²) in [6, 6.07) is 6.12. The van der Waals surface area contributed by atoms with E-state index < -0.39 is 0 Å². The van der Waals surface area contributed by atoms with Crippen LogP contribution in [-0.4, -0.2) is 73.0 Å². The summed E-state index contributed by atoms with van der Waals surface area (Å²) in [4.78, 5) is 25.9. The van der Waals surface area contributed by atoms with Gasteiger partial charge in [0.1, 0.15) is 23.0 Å². The number of nitrogens with zero attached hydrogens (tertiary/aromatic N) is 9. The second-order valence-electron chi connectivity index (χ2n) is 9.30. The van der Waals surface area contributed by atoms with Crippen molar-refractivity contribution in [1.29, 1.82) is 5.26 Å². The summed E-state index contributed by atoms with van der Waals surface area (Å²) < 4.78 is 3.40. The van der Waals surface area contributed by atoms with Gasteiger partial charge in [-0.2, -0.15) is 15.5 Å². The van der Waals surface area contributed by atoms with Crippen LogP contribution in [-0.2, 0) is 7.05 Å². The van der Waals surface area contributed by atoms with Gasteiger partial charge in [-0.15, -0.1) is 0 Å². The van der Waals surface area contributed by atoms with Crippen LogP contribution in [0, 0.1) is 17.2 Å². The predicted molar refractivity (Wildman–Crippen MR) is 135 cm³/mol. The molecule has 5 rings (SSSR count). The molecule has 0 aromatic carbocycles. The third-order valence-corrected chi connectivity index (χ3v) is 6.19. The summed E-state index contributed by atoms with van der Waals surface area (Å²) in [6.07, 6.45) is 8.76. The minimum absolute atomic E-state index is 0.00986. The monoisotopic (exact) mass is 484 g/mol. The van der Waals surface area contributed by atoms with Crippen LogP contribution in [0.15, 0.2) is 43.1 Å². The molecule has 1 aliphatic rings. The number of fused-ring (bicyclic) bond motifs is 1. The van der Waals surface area contributed by atoms with Crippen molar-refractivity contribution < 1.29 is 4.79 Å². The molecule has 184 valence electrons. The summed E-state index contributed by atoms with van der Waals surface area (Å²) in [5, 5.41) is 21.2. The zero-order valence-electron chi connectivity index (χ0n) is 20.6. The average molecular weight is 485 g/mol. The minimum atomic E-state index is -0.00986. The van der Waals surface area contributed by atoms with Crippen LogP contribution < -0.4 is 10.2 Å². The zero-order chi connectivity index (χ0) is 25.2. The highest BCUT2D eigenvalue weighted by atomic mass is 16.2. The molecular formula is C25H28N10O. The van der Waals surface area contributed by atoms with Gasteiger partial charge in [-0.25, -0.2) is 19.3 Å². The van der Waals surface area contributed by atoms with Crippen LogP contribution in [0.5, 0.6) is 0 Å². The molecule has 1 N–H and O–H groups in total. The molecule has 0 radical (unpaired) electrons. The number of urea groups is 1. The Morgan fingerprint density at radius 3 is 2.53 bits per heavy atom. The number of hydrogen-bond acceptors (Lipinski definition) is 7. The molecule has 11 nitrogen and oxygen atoms in total. The van der Waals surface area contributed by atoms with Gasteiger partial charge in [0.05, 0.1) is 30.0 Å². The highest BCUT2D eigenvalue weighted by Gasteiger charge is 2.22. The van der Waals surface area contributed by atoms with Gasteiger partial charge >= 0.3 is 6.03 Å². The third-order valence-electron chi connectivity index (χ3n) is 6.19. The third kappa shape index (κ3) is 4.57. The van der Waals surface area contributed by atoms with Gasteiger partial charge in [-0.1, -0.05) is 13.8 Å². The molecule has 4 aromatic heterocycles. The number of aryl methyl sites for hydroxylation is 1. The maximum absolute atomic E-state index is 12.4. The summed E-state index contributed by atoms with van der Waals surface area (Å²) in [5.74, 6) is 1.26. The van der Waals surface area contributed by atoms with Crippen molar-refractivity contribution in [2.45, 2.75) is 13.8 Å². The van der Waals surface area contributed by atoms with Crippen molar-refractivity contribution in [3.8, 4) is 28.6 Å². The Morgan fingerprint density at radius 2 is 1.89 bits per heavy atom. The lowest BCUT2D eigenvalue weighted by atomic mass is 10.1.